The van der Waals surface area contributed by atoms with Gasteiger partial charge in [-0.2, -0.15) is 0 Å². The van der Waals surface area contributed by atoms with Crippen LogP contribution in [-0.4, -0.2) is 61.3 Å². The van der Waals surface area contributed by atoms with Crippen LogP contribution >= 0.6 is 0 Å². The standard InChI is InChI=1S/C16H30N2O/c1-3-14-11-17-8-4-5-15(17)12-18(14)13-16(2)6-9-19-10-7-16/h14-15H,3-13H2,1-2H3. The van der Waals surface area contributed by atoms with Crippen molar-refractivity contribution in [3.05, 3.63) is 0 Å². The van der Waals surface area contributed by atoms with Crippen molar-refractivity contribution in [2.45, 2.75) is 58.0 Å². The summed E-state index contributed by atoms with van der Waals surface area (Å²) in [6, 6.07) is 1.64. The van der Waals surface area contributed by atoms with E-state index >= 15 is 0 Å². The van der Waals surface area contributed by atoms with Gasteiger partial charge in [-0.3, -0.25) is 9.80 Å². The molecule has 3 nitrogen and oxygen atoms in total. The summed E-state index contributed by atoms with van der Waals surface area (Å²) < 4.78 is 5.55. The van der Waals surface area contributed by atoms with E-state index in [1.165, 1.54) is 58.3 Å². The third-order valence-corrected chi connectivity index (χ3v) is 5.66. The highest BCUT2D eigenvalue weighted by molar-refractivity contribution is 4.94. The predicted octanol–water partition coefficient (Wildman–Crippen LogP) is 2.36. The number of ether oxygens (including phenoxy) is 1. The van der Waals surface area contributed by atoms with E-state index in [1.807, 2.05) is 0 Å². The zero-order chi connectivity index (χ0) is 13.3. The molecule has 2 atom stereocenters. The lowest BCUT2D eigenvalue weighted by Gasteiger charge is -2.47. The van der Waals surface area contributed by atoms with Crippen LogP contribution in [0.3, 0.4) is 0 Å². The first-order chi connectivity index (χ1) is 9.20. The molecule has 0 aromatic carbocycles. The minimum absolute atomic E-state index is 0.493. The summed E-state index contributed by atoms with van der Waals surface area (Å²) in [5.74, 6) is 0. The van der Waals surface area contributed by atoms with Crippen LogP contribution in [0.5, 0.6) is 0 Å². The molecule has 110 valence electrons. The third kappa shape index (κ3) is 2.98. The van der Waals surface area contributed by atoms with Crippen LogP contribution in [0.2, 0.25) is 0 Å². The number of hydrogen-bond donors (Lipinski definition) is 0. The fourth-order valence-corrected chi connectivity index (χ4v) is 4.24. The monoisotopic (exact) mass is 266 g/mol. The quantitative estimate of drug-likeness (QED) is 0.780. The first kappa shape index (κ1) is 13.8. The predicted molar refractivity (Wildman–Crippen MR) is 78.4 cm³/mol. The maximum Gasteiger partial charge on any atom is 0.0471 e. The highest BCUT2D eigenvalue weighted by Crippen LogP contribution is 2.34. The molecule has 3 fully saturated rings. The van der Waals surface area contributed by atoms with Crippen LogP contribution in [0.25, 0.3) is 0 Å². The molecule has 3 heteroatoms. The van der Waals surface area contributed by atoms with E-state index in [-0.39, 0.29) is 0 Å². The molecular formula is C16H30N2O. The molecule has 3 rings (SSSR count). The lowest BCUT2D eigenvalue weighted by atomic mass is 9.81. The molecule has 3 aliphatic rings. The molecule has 3 saturated heterocycles. The second-order valence-electron chi connectivity index (χ2n) is 7.21. The molecule has 0 aliphatic carbocycles. The SMILES string of the molecule is CCC1CN2CCCC2CN1CC1(C)CCOCC1. The van der Waals surface area contributed by atoms with E-state index in [2.05, 4.69) is 23.6 Å². The number of hydrogen-bond acceptors (Lipinski definition) is 3. The molecule has 0 bridgehead atoms. The van der Waals surface area contributed by atoms with Gasteiger partial charge in [-0.1, -0.05) is 13.8 Å². The summed E-state index contributed by atoms with van der Waals surface area (Å²) >= 11 is 0. The fourth-order valence-electron chi connectivity index (χ4n) is 4.24. The Kier molecular flexibility index (Phi) is 4.16. The van der Waals surface area contributed by atoms with E-state index in [9.17, 15) is 0 Å². The Morgan fingerprint density at radius 3 is 2.74 bits per heavy atom. The van der Waals surface area contributed by atoms with E-state index in [1.54, 1.807) is 0 Å². The van der Waals surface area contributed by atoms with Gasteiger partial charge >= 0.3 is 0 Å². The van der Waals surface area contributed by atoms with Crippen molar-refractivity contribution in [2.24, 2.45) is 5.41 Å². The third-order valence-electron chi connectivity index (χ3n) is 5.66. The summed E-state index contributed by atoms with van der Waals surface area (Å²) in [6.45, 7) is 12.0. The van der Waals surface area contributed by atoms with Gasteiger partial charge in [0, 0.05) is 44.9 Å². The first-order valence-electron chi connectivity index (χ1n) is 8.26. The second-order valence-corrected chi connectivity index (χ2v) is 7.21. The topological polar surface area (TPSA) is 15.7 Å². The van der Waals surface area contributed by atoms with Crippen LogP contribution < -0.4 is 0 Å². The molecule has 0 aromatic heterocycles. The first-order valence-corrected chi connectivity index (χ1v) is 8.26. The number of rotatable bonds is 3. The Labute approximate surface area is 118 Å². The van der Waals surface area contributed by atoms with Crippen LogP contribution in [0, 0.1) is 5.41 Å². The van der Waals surface area contributed by atoms with Crippen molar-refractivity contribution >= 4 is 0 Å². The number of fused-ring (bicyclic) bond motifs is 1. The van der Waals surface area contributed by atoms with Crippen LogP contribution in [0.15, 0.2) is 0 Å². The zero-order valence-corrected chi connectivity index (χ0v) is 12.7. The lowest BCUT2D eigenvalue weighted by molar-refractivity contribution is -0.0266. The van der Waals surface area contributed by atoms with Crippen LogP contribution in [0.1, 0.15) is 46.0 Å². The molecule has 3 heterocycles. The van der Waals surface area contributed by atoms with E-state index in [0.717, 1.165) is 25.3 Å². The maximum absolute atomic E-state index is 5.55. The van der Waals surface area contributed by atoms with Gasteiger partial charge in [-0.15, -0.1) is 0 Å². The van der Waals surface area contributed by atoms with Gasteiger partial charge in [0.2, 0.25) is 0 Å². The summed E-state index contributed by atoms with van der Waals surface area (Å²) in [5.41, 5.74) is 0.493. The molecule has 3 aliphatic heterocycles. The Hall–Kier alpha value is -0.120. The van der Waals surface area contributed by atoms with E-state index in [0.29, 0.717) is 5.41 Å². The Morgan fingerprint density at radius 1 is 1.21 bits per heavy atom. The number of piperazine rings is 1. The number of nitrogens with zero attached hydrogens (tertiary/aromatic N) is 2. The molecule has 19 heavy (non-hydrogen) atoms. The largest absolute Gasteiger partial charge is 0.381 e. The zero-order valence-electron chi connectivity index (χ0n) is 12.7. The summed E-state index contributed by atoms with van der Waals surface area (Å²) in [6.07, 6.45) is 6.63. The van der Waals surface area contributed by atoms with Gasteiger partial charge in [-0.25, -0.2) is 0 Å². The molecule has 0 radical (unpaired) electrons. The van der Waals surface area contributed by atoms with E-state index < -0.39 is 0 Å². The second kappa shape index (κ2) is 5.71. The Balaban J connectivity index is 1.64. The van der Waals surface area contributed by atoms with Gasteiger partial charge in [0.05, 0.1) is 0 Å². The lowest BCUT2D eigenvalue weighted by Crippen LogP contribution is -2.58. The van der Waals surface area contributed by atoms with Crippen molar-refractivity contribution < 1.29 is 4.74 Å². The summed E-state index contributed by atoms with van der Waals surface area (Å²) in [7, 11) is 0. The minimum Gasteiger partial charge on any atom is -0.381 e. The van der Waals surface area contributed by atoms with Crippen molar-refractivity contribution in [3.8, 4) is 0 Å². The highest BCUT2D eigenvalue weighted by Gasteiger charge is 2.38. The van der Waals surface area contributed by atoms with Crippen molar-refractivity contribution in [1.29, 1.82) is 0 Å². The Bertz CT molecular complexity index is 301. The van der Waals surface area contributed by atoms with Crippen molar-refractivity contribution in [1.82, 2.24) is 9.80 Å². The average molecular weight is 266 g/mol. The summed E-state index contributed by atoms with van der Waals surface area (Å²) in [5, 5.41) is 0. The van der Waals surface area contributed by atoms with Gasteiger partial charge in [0.25, 0.3) is 0 Å². The molecule has 0 N–H and O–H groups in total. The van der Waals surface area contributed by atoms with Gasteiger partial charge in [-0.05, 0) is 44.1 Å². The molecule has 0 spiro atoms. The molecule has 0 amide bonds. The van der Waals surface area contributed by atoms with Gasteiger partial charge < -0.3 is 4.74 Å². The van der Waals surface area contributed by atoms with Crippen molar-refractivity contribution in [2.75, 3.05) is 39.4 Å². The van der Waals surface area contributed by atoms with Gasteiger partial charge in [0.15, 0.2) is 0 Å². The van der Waals surface area contributed by atoms with E-state index in [4.69, 9.17) is 4.74 Å². The smallest absolute Gasteiger partial charge is 0.0471 e. The van der Waals surface area contributed by atoms with Crippen molar-refractivity contribution in [3.63, 3.8) is 0 Å². The van der Waals surface area contributed by atoms with Gasteiger partial charge in [0.1, 0.15) is 0 Å². The maximum atomic E-state index is 5.55. The summed E-state index contributed by atoms with van der Waals surface area (Å²) in [4.78, 5) is 5.56. The minimum atomic E-state index is 0.493. The van der Waals surface area contributed by atoms with Crippen LogP contribution in [0.4, 0.5) is 0 Å². The molecule has 0 aromatic rings. The highest BCUT2D eigenvalue weighted by atomic mass is 16.5. The average Bonchev–Trinajstić information content (AvgIpc) is 2.85. The Morgan fingerprint density at radius 2 is 2.00 bits per heavy atom. The molecule has 0 saturated carbocycles. The molecular weight excluding hydrogens is 236 g/mol. The normalized spacial score (nSPS) is 36.3. The fraction of sp³-hybridized carbons (Fsp3) is 1.00. The molecule has 2 unspecified atom stereocenters. The van der Waals surface area contributed by atoms with Crippen LogP contribution in [-0.2, 0) is 4.74 Å².